The van der Waals surface area contributed by atoms with Crippen molar-refractivity contribution in [3.05, 3.63) is 22.8 Å². The molecule has 0 amide bonds. The summed E-state index contributed by atoms with van der Waals surface area (Å²) >= 11 is 6.26. The molecule has 0 aromatic carbocycles. The Bertz CT molecular complexity index is 390. The van der Waals surface area contributed by atoms with Gasteiger partial charge in [-0.1, -0.05) is 11.6 Å². The van der Waals surface area contributed by atoms with E-state index in [1.165, 1.54) is 12.8 Å². The minimum absolute atomic E-state index is 0.154. The van der Waals surface area contributed by atoms with Gasteiger partial charge < -0.3 is 10.6 Å². The molecule has 1 saturated heterocycles. The van der Waals surface area contributed by atoms with Crippen molar-refractivity contribution >= 4 is 17.4 Å². The molecule has 0 radical (unpaired) electrons. The molecule has 0 aliphatic carbocycles. The van der Waals surface area contributed by atoms with Crippen molar-refractivity contribution in [3.8, 4) is 0 Å². The molecule has 1 aromatic rings. The minimum atomic E-state index is 0.154. The number of pyridine rings is 1. The van der Waals surface area contributed by atoms with Crippen LogP contribution >= 0.6 is 11.6 Å². The summed E-state index contributed by atoms with van der Waals surface area (Å²) in [5.74, 6) is 0.890. The normalized spacial score (nSPS) is 19.1. The maximum Gasteiger partial charge on any atom is 0.147 e. The summed E-state index contributed by atoms with van der Waals surface area (Å²) in [5, 5.41) is 0.706. The highest BCUT2D eigenvalue weighted by molar-refractivity contribution is 6.33. The first-order valence-corrected chi connectivity index (χ1v) is 6.04. The van der Waals surface area contributed by atoms with Crippen LogP contribution in [0.3, 0.4) is 0 Å². The Morgan fingerprint density at radius 2 is 2.31 bits per heavy atom. The number of nitrogens with zero attached hydrogens (tertiary/aromatic N) is 2. The Labute approximate surface area is 102 Å². The highest BCUT2D eigenvalue weighted by atomic mass is 35.5. The molecule has 0 saturated carbocycles. The van der Waals surface area contributed by atoms with Gasteiger partial charge in [-0.15, -0.1) is 0 Å². The van der Waals surface area contributed by atoms with Gasteiger partial charge in [-0.2, -0.15) is 0 Å². The zero-order valence-electron chi connectivity index (χ0n) is 9.83. The number of aromatic nitrogens is 1. The van der Waals surface area contributed by atoms with E-state index in [4.69, 9.17) is 17.3 Å². The van der Waals surface area contributed by atoms with Crippen LogP contribution in [0.25, 0.3) is 0 Å². The molecule has 0 bridgehead atoms. The Kier molecular flexibility index (Phi) is 3.08. The summed E-state index contributed by atoms with van der Waals surface area (Å²) in [6.45, 7) is 5.97. The standard InChI is InChI=1S/C12H18ClN3/c1-12(2)4-3-5-16(12)11-10(13)6-9(7-14)8-15-11/h6,8H,3-5,7,14H2,1-2H3. The highest BCUT2D eigenvalue weighted by Crippen LogP contribution is 2.36. The molecular formula is C12H18ClN3. The molecule has 2 N–H and O–H groups in total. The third kappa shape index (κ3) is 2.02. The fourth-order valence-corrected chi connectivity index (χ4v) is 2.57. The van der Waals surface area contributed by atoms with Gasteiger partial charge in [0, 0.05) is 24.8 Å². The van der Waals surface area contributed by atoms with Crippen LogP contribution < -0.4 is 10.6 Å². The van der Waals surface area contributed by atoms with E-state index in [0.717, 1.165) is 17.9 Å². The predicted molar refractivity (Wildman–Crippen MR) is 67.8 cm³/mol. The number of rotatable bonds is 2. The summed E-state index contributed by atoms with van der Waals surface area (Å²) in [4.78, 5) is 6.73. The molecule has 1 aliphatic rings. The molecule has 88 valence electrons. The number of halogens is 1. The van der Waals surface area contributed by atoms with Crippen molar-refractivity contribution in [1.82, 2.24) is 4.98 Å². The van der Waals surface area contributed by atoms with Crippen LogP contribution in [-0.4, -0.2) is 17.1 Å². The molecule has 1 fully saturated rings. The van der Waals surface area contributed by atoms with Gasteiger partial charge in [0.05, 0.1) is 5.02 Å². The second-order valence-corrected chi connectivity index (χ2v) is 5.33. The maximum absolute atomic E-state index is 6.26. The molecule has 2 rings (SSSR count). The van der Waals surface area contributed by atoms with Crippen LogP contribution in [0, 0.1) is 0 Å². The average Bonchev–Trinajstić information content (AvgIpc) is 2.58. The Hall–Kier alpha value is -0.800. The van der Waals surface area contributed by atoms with E-state index in [1.54, 1.807) is 0 Å². The third-order valence-electron chi connectivity index (χ3n) is 3.27. The summed E-state index contributed by atoms with van der Waals surface area (Å²) in [6.07, 6.45) is 4.20. The third-order valence-corrected chi connectivity index (χ3v) is 3.55. The molecule has 1 aromatic heterocycles. The van der Waals surface area contributed by atoms with Gasteiger partial charge in [-0.25, -0.2) is 4.98 Å². The Morgan fingerprint density at radius 1 is 1.56 bits per heavy atom. The molecule has 0 atom stereocenters. The fraction of sp³-hybridized carbons (Fsp3) is 0.583. The SMILES string of the molecule is CC1(C)CCCN1c1ncc(CN)cc1Cl. The van der Waals surface area contributed by atoms with Gasteiger partial charge >= 0.3 is 0 Å². The summed E-state index contributed by atoms with van der Waals surface area (Å²) in [6, 6.07) is 1.91. The smallest absolute Gasteiger partial charge is 0.147 e. The van der Waals surface area contributed by atoms with Crippen LogP contribution in [0.15, 0.2) is 12.3 Å². The van der Waals surface area contributed by atoms with Crippen LogP contribution in [0.2, 0.25) is 5.02 Å². The molecule has 1 aliphatic heterocycles. The van der Waals surface area contributed by atoms with E-state index in [0.29, 0.717) is 11.6 Å². The summed E-state index contributed by atoms with van der Waals surface area (Å²) in [7, 11) is 0. The first kappa shape index (κ1) is 11.7. The molecule has 0 unspecified atom stereocenters. The summed E-state index contributed by atoms with van der Waals surface area (Å²) in [5.41, 5.74) is 6.69. The summed E-state index contributed by atoms with van der Waals surface area (Å²) < 4.78 is 0. The number of hydrogen-bond donors (Lipinski definition) is 1. The predicted octanol–water partition coefficient (Wildman–Crippen LogP) is 2.57. The van der Waals surface area contributed by atoms with Gasteiger partial charge in [-0.3, -0.25) is 0 Å². The first-order chi connectivity index (χ1) is 7.54. The maximum atomic E-state index is 6.26. The van der Waals surface area contributed by atoms with E-state index in [2.05, 4.69) is 23.7 Å². The van der Waals surface area contributed by atoms with Crippen LogP contribution in [0.1, 0.15) is 32.3 Å². The minimum Gasteiger partial charge on any atom is -0.350 e. The van der Waals surface area contributed by atoms with Crippen LogP contribution in [0.5, 0.6) is 0 Å². The van der Waals surface area contributed by atoms with E-state index in [1.807, 2.05) is 12.3 Å². The molecular weight excluding hydrogens is 222 g/mol. The Morgan fingerprint density at radius 3 is 2.81 bits per heavy atom. The second-order valence-electron chi connectivity index (χ2n) is 4.92. The number of anilines is 1. The molecule has 4 heteroatoms. The number of nitrogens with two attached hydrogens (primary N) is 1. The largest absolute Gasteiger partial charge is 0.350 e. The van der Waals surface area contributed by atoms with Gasteiger partial charge in [0.15, 0.2) is 0 Å². The zero-order valence-corrected chi connectivity index (χ0v) is 10.6. The average molecular weight is 240 g/mol. The topological polar surface area (TPSA) is 42.2 Å². The van der Waals surface area contributed by atoms with Crippen molar-refractivity contribution in [2.45, 2.75) is 38.8 Å². The first-order valence-electron chi connectivity index (χ1n) is 5.67. The lowest BCUT2D eigenvalue weighted by molar-refractivity contribution is 0.514. The number of hydrogen-bond acceptors (Lipinski definition) is 3. The van der Waals surface area contributed by atoms with E-state index in [9.17, 15) is 0 Å². The van der Waals surface area contributed by atoms with Crippen molar-refractivity contribution < 1.29 is 0 Å². The van der Waals surface area contributed by atoms with Crippen molar-refractivity contribution in [3.63, 3.8) is 0 Å². The molecule has 16 heavy (non-hydrogen) atoms. The monoisotopic (exact) mass is 239 g/mol. The van der Waals surface area contributed by atoms with Crippen LogP contribution in [-0.2, 0) is 6.54 Å². The highest BCUT2D eigenvalue weighted by Gasteiger charge is 2.33. The van der Waals surface area contributed by atoms with Gasteiger partial charge in [-0.05, 0) is 38.3 Å². The molecule has 2 heterocycles. The lowest BCUT2D eigenvalue weighted by Crippen LogP contribution is -2.38. The quantitative estimate of drug-likeness (QED) is 0.863. The fourth-order valence-electron chi connectivity index (χ4n) is 2.28. The van der Waals surface area contributed by atoms with Crippen molar-refractivity contribution in [2.75, 3.05) is 11.4 Å². The molecule has 0 spiro atoms. The van der Waals surface area contributed by atoms with Gasteiger partial charge in [0.2, 0.25) is 0 Å². The molecule has 3 nitrogen and oxygen atoms in total. The van der Waals surface area contributed by atoms with Crippen LogP contribution in [0.4, 0.5) is 5.82 Å². The van der Waals surface area contributed by atoms with Crippen molar-refractivity contribution in [2.24, 2.45) is 5.73 Å². The van der Waals surface area contributed by atoms with Gasteiger partial charge in [0.25, 0.3) is 0 Å². The van der Waals surface area contributed by atoms with E-state index < -0.39 is 0 Å². The van der Waals surface area contributed by atoms with Crippen molar-refractivity contribution in [1.29, 1.82) is 0 Å². The lowest BCUT2D eigenvalue weighted by atomic mass is 10.0. The van der Waals surface area contributed by atoms with E-state index >= 15 is 0 Å². The lowest BCUT2D eigenvalue weighted by Gasteiger charge is -2.33. The Balaban J connectivity index is 2.34. The zero-order chi connectivity index (χ0) is 11.8. The van der Waals surface area contributed by atoms with Gasteiger partial charge in [0.1, 0.15) is 5.82 Å². The second kappa shape index (κ2) is 4.22. The van der Waals surface area contributed by atoms with E-state index in [-0.39, 0.29) is 5.54 Å².